The first-order chi connectivity index (χ1) is 9.19. The van der Waals surface area contributed by atoms with Gasteiger partial charge in [0.2, 0.25) is 0 Å². The zero-order valence-corrected chi connectivity index (χ0v) is 11.2. The predicted octanol–water partition coefficient (Wildman–Crippen LogP) is 0.907. The van der Waals surface area contributed by atoms with Crippen LogP contribution in [0.5, 0.6) is 0 Å². The normalized spacial score (nSPS) is 15.8. The number of hydrogen-bond acceptors (Lipinski definition) is 4. The molecule has 0 radical (unpaired) electrons. The van der Waals surface area contributed by atoms with Crippen molar-refractivity contribution in [2.24, 2.45) is 0 Å². The summed E-state index contributed by atoms with van der Waals surface area (Å²) in [6.07, 6.45) is 0. The van der Waals surface area contributed by atoms with Gasteiger partial charge in [0.15, 0.2) is 0 Å². The molecule has 0 aromatic heterocycles. The maximum Gasteiger partial charge on any atom is 0.261 e. The molecule has 0 saturated heterocycles. The van der Waals surface area contributed by atoms with E-state index < -0.39 is 0 Å². The molecule has 1 aromatic rings. The number of likely N-dealkylation sites (N-methyl/N-ethyl adjacent to an activating group) is 1. The second-order valence-corrected chi connectivity index (χ2v) is 4.48. The van der Waals surface area contributed by atoms with E-state index in [9.17, 15) is 9.59 Å². The summed E-state index contributed by atoms with van der Waals surface area (Å²) in [6, 6.07) is 6.87. The number of carbonyl (C=O) groups is 2. The van der Waals surface area contributed by atoms with E-state index in [2.05, 4.69) is 5.32 Å². The lowest BCUT2D eigenvalue weighted by Gasteiger charge is -2.22. The molecule has 1 aliphatic rings. The monoisotopic (exact) mass is 262 g/mol. The highest BCUT2D eigenvalue weighted by Crippen LogP contribution is 2.22. The van der Waals surface area contributed by atoms with Crippen molar-refractivity contribution in [2.45, 2.75) is 13.0 Å². The van der Waals surface area contributed by atoms with Gasteiger partial charge in [0.1, 0.15) is 0 Å². The quantitative estimate of drug-likeness (QED) is 0.774. The smallest absolute Gasteiger partial charge is 0.261 e. The number of ether oxygens (including phenoxy) is 1. The van der Waals surface area contributed by atoms with Crippen molar-refractivity contribution in [3.8, 4) is 0 Å². The highest BCUT2D eigenvalue weighted by molar-refractivity contribution is 6.21. The van der Waals surface area contributed by atoms with Crippen molar-refractivity contribution in [1.29, 1.82) is 0 Å². The second kappa shape index (κ2) is 5.95. The molecule has 1 heterocycles. The van der Waals surface area contributed by atoms with Gasteiger partial charge in [-0.05, 0) is 18.7 Å². The largest absolute Gasteiger partial charge is 0.383 e. The number of hydrogen-bond donors (Lipinski definition) is 1. The van der Waals surface area contributed by atoms with Gasteiger partial charge in [-0.3, -0.25) is 14.5 Å². The van der Waals surface area contributed by atoms with Gasteiger partial charge in [0, 0.05) is 19.7 Å². The summed E-state index contributed by atoms with van der Waals surface area (Å²) < 4.78 is 5.10. The molecule has 2 rings (SSSR count). The molecule has 5 nitrogen and oxygen atoms in total. The van der Waals surface area contributed by atoms with Gasteiger partial charge in [0.05, 0.1) is 17.7 Å². The average molecular weight is 262 g/mol. The van der Waals surface area contributed by atoms with Gasteiger partial charge in [-0.2, -0.15) is 0 Å². The molecular formula is C14H18N2O3. The molecule has 0 bridgehead atoms. The molecule has 102 valence electrons. The molecule has 1 unspecified atom stereocenters. The second-order valence-electron chi connectivity index (χ2n) is 4.48. The first-order valence-electron chi connectivity index (χ1n) is 6.36. The van der Waals surface area contributed by atoms with Crippen LogP contribution in [0.1, 0.15) is 27.6 Å². The number of fused-ring (bicyclic) bond motifs is 1. The number of rotatable bonds is 6. The van der Waals surface area contributed by atoms with Gasteiger partial charge in [0.25, 0.3) is 11.8 Å². The zero-order valence-electron chi connectivity index (χ0n) is 11.2. The fourth-order valence-corrected chi connectivity index (χ4v) is 2.29. The van der Waals surface area contributed by atoms with Crippen LogP contribution < -0.4 is 5.32 Å². The molecule has 5 heteroatoms. The Morgan fingerprint density at radius 3 is 2.26 bits per heavy atom. The summed E-state index contributed by atoms with van der Waals surface area (Å²) in [5.41, 5.74) is 0.973. The molecule has 0 aliphatic carbocycles. The van der Waals surface area contributed by atoms with E-state index in [-0.39, 0.29) is 17.9 Å². The van der Waals surface area contributed by atoms with Crippen LogP contribution in [0.3, 0.4) is 0 Å². The van der Waals surface area contributed by atoms with Crippen molar-refractivity contribution in [1.82, 2.24) is 10.2 Å². The molecule has 1 aromatic carbocycles. The van der Waals surface area contributed by atoms with Gasteiger partial charge in [-0.25, -0.2) is 0 Å². The number of methoxy groups -OCH3 is 1. The fraction of sp³-hybridized carbons (Fsp3) is 0.429. The Morgan fingerprint density at radius 1 is 1.21 bits per heavy atom. The van der Waals surface area contributed by atoms with Crippen LogP contribution >= 0.6 is 0 Å². The number of carbonyl (C=O) groups excluding carboxylic acids is 2. The Kier molecular flexibility index (Phi) is 4.29. The van der Waals surface area contributed by atoms with E-state index in [4.69, 9.17) is 4.74 Å². The summed E-state index contributed by atoms with van der Waals surface area (Å²) in [6.45, 7) is 3.53. The maximum atomic E-state index is 12.2. The van der Waals surface area contributed by atoms with E-state index in [1.165, 1.54) is 4.90 Å². The lowest BCUT2D eigenvalue weighted by atomic mass is 10.1. The number of nitrogens with zero attached hydrogens (tertiary/aromatic N) is 1. The van der Waals surface area contributed by atoms with Crippen molar-refractivity contribution in [2.75, 3.05) is 26.8 Å². The predicted molar refractivity (Wildman–Crippen MR) is 71.1 cm³/mol. The molecule has 19 heavy (non-hydrogen) atoms. The van der Waals surface area contributed by atoms with Gasteiger partial charge < -0.3 is 10.1 Å². The third-order valence-corrected chi connectivity index (χ3v) is 3.14. The Balaban J connectivity index is 2.15. The minimum Gasteiger partial charge on any atom is -0.383 e. The standard InChI is InChI=1S/C14H18N2O3/c1-3-15-10(9-19-2)8-16-13(17)11-6-4-5-7-12(11)14(16)18/h4-7,10,15H,3,8-9H2,1-2H3. The van der Waals surface area contributed by atoms with Crippen molar-refractivity contribution in [3.63, 3.8) is 0 Å². The third kappa shape index (κ3) is 2.67. The van der Waals surface area contributed by atoms with Crippen LogP contribution in [0.2, 0.25) is 0 Å². The highest BCUT2D eigenvalue weighted by Gasteiger charge is 2.36. The summed E-state index contributed by atoms with van der Waals surface area (Å²) in [4.78, 5) is 25.7. The fourth-order valence-electron chi connectivity index (χ4n) is 2.29. The van der Waals surface area contributed by atoms with E-state index in [0.29, 0.717) is 24.3 Å². The Morgan fingerprint density at radius 2 is 1.79 bits per heavy atom. The lowest BCUT2D eigenvalue weighted by Crippen LogP contribution is -2.45. The van der Waals surface area contributed by atoms with Crippen molar-refractivity contribution >= 4 is 11.8 Å². The molecule has 1 atom stereocenters. The minimum atomic E-state index is -0.223. The molecule has 0 fully saturated rings. The lowest BCUT2D eigenvalue weighted by molar-refractivity contribution is 0.0610. The number of benzene rings is 1. The van der Waals surface area contributed by atoms with E-state index in [0.717, 1.165) is 6.54 Å². The summed E-state index contributed by atoms with van der Waals surface area (Å²) in [5, 5.41) is 3.21. The van der Waals surface area contributed by atoms with Crippen LogP contribution in [0.25, 0.3) is 0 Å². The van der Waals surface area contributed by atoms with Crippen LogP contribution in [0.15, 0.2) is 24.3 Å². The van der Waals surface area contributed by atoms with Gasteiger partial charge in [-0.15, -0.1) is 0 Å². The summed E-state index contributed by atoms with van der Waals surface area (Å²) >= 11 is 0. The molecule has 1 aliphatic heterocycles. The molecular weight excluding hydrogens is 244 g/mol. The van der Waals surface area contributed by atoms with Gasteiger partial charge in [-0.1, -0.05) is 19.1 Å². The minimum absolute atomic E-state index is 0.0442. The van der Waals surface area contributed by atoms with E-state index >= 15 is 0 Å². The maximum absolute atomic E-state index is 12.2. The molecule has 0 spiro atoms. The number of nitrogens with one attached hydrogen (secondary N) is 1. The Bertz CT molecular complexity index is 446. The zero-order chi connectivity index (χ0) is 13.8. The van der Waals surface area contributed by atoms with Gasteiger partial charge >= 0.3 is 0 Å². The number of amides is 2. The molecule has 0 saturated carbocycles. The van der Waals surface area contributed by atoms with Crippen LogP contribution in [-0.2, 0) is 4.74 Å². The van der Waals surface area contributed by atoms with Crippen molar-refractivity contribution in [3.05, 3.63) is 35.4 Å². The van der Waals surface area contributed by atoms with Crippen LogP contribution in [0, 0.1) is 0 Å². The average Bonchev–Trinajstić information content (AvgIpc) is 2.65. The van der Waals surface area contributed by atoms with Crippen LogP contribution in [-0.4, -0.2) is 49.6 Å². The highest BCUT2D eigenvalue weighted by atomic mass is 16.5. The van der Waals surface area contributed by atoms with E-state index in [1.54, 1.807) is 31.4 Å². The Labute approximate surface area is 112 Å². The first kappa shape index (κ1) is 13.7. The summed E-state index contributed by atoms with van der Waals surface area (Å²) in [5.74, 6) is -0.445. The third-order valence-electron chi connectivity index (χ3n) is 3.14. The van der Waals surface area contributed by atoms with Crippen molar-refractivity contribution < 1.29 is 14.3 Å². The Hall–Kier alpha value is -1.72. The molecule has 1 N–H and O–H groups in total. The van der Waals surface area contributed by atoms with E-state index in [1.807, 2.05) is 6.92 Å². The summed E-state index contributed by atoms with van der Waals surface area (Å²) in [7, 11) is 1.60. The molecule has 2 amide bonds. The number of imide groups is 1. The van der Waals surface area contributed by atoms with Crippen LogP contribution in [0.4, 0.5) is 0 Å². The topological polar surface area (TPSA) is 58.6 Å². The SMILES string of the molecule is CCNC(COC)CN1C(=O)c2ccccc2C1=O. The first-order valence-corrected chi connectivity index (χ1v) is 6.36.